The zero-order valence-electron chi connectivity index (χ0n) is 8.19. The lowest BCUT2D eigenvalue weighted by Gasteiger charge is -1.98. The van der Waals surface area contributed by atoms with E-state index in [4.69, 9.17) is 0 Å². The van der Waals surface area contributed by atoms with Gasteiger partial charge in [0, 0.05) is 13.2 Å². The van der Waals surface area contributed by atoms with Crippen LogP contribution in [0.5, 0.6) is 0 Å². The fourth-order valence-corrected chi connectivity index (χ4v) is 1.01. The van der Waals surface area contributed by atoms with E-state index in [2.05, 4.69) is 9.84 Å². The number of aromatic nitrogens is 2. The lowest BCUT2D eigenvalue weighted by molar-refractivity contribution is -0.141. The van der Waals surface area contributed by atoms with E-state index in [1.54, 1.807) is 20.2 Å². The average Bonchev–Trinajstić information content (AvgIpc) is 2.52. The van der Waals surface area contributed by atoms with Gasteiger partial charge in [-0.15, -0.1) is 0 Å². The number of carbonyl (C=O) groups is 2. The van der Waals surface area contributed by atoms with Gasteiger partial charge in [0.05, 0.1) is 18.4 Å². The first kappa shape index (κ1) is 10.4. The summed E-state index contributed by atoms with van der Waals surface area (Å²) in [6.45, 7) is 1.99. The van der Waals surface area contributed by atoms with Crippen molar-refractivity contribution in [2.45, 2.75) is 13.3 Å². The normalized spacial score (nSPS) is 9.86. The molecule has 0 aromatic carbocycles. The van der Waals surface area contributed by atoms with Gasteiger partial charge in [0.15, 0.2) is 5.78 Å². The molecule has 76 valence electrons. The maximum Gasteiger partial charge on any atom is 0.313 e. The van der Waals surface area contributed by atoms with Gasteiger partial charge in [-0.2, -0.15) is 5.10 Å². The summed E-state index contributed by atoms with van der Waals surface area (Å²) >= 11 is 0. The number of ketones is 1. The summed E-state index contributed by atoms with van der Waals surface area (Å²) in [6, 6.07) is 0. The van der Waals surface area contributed by atoms with Crippen LogP contribution in [-0.2, 0) is 16.6 Å². The molecule has 1 heterocycles. The maximum atomic E-state index is 11.4. The Bertz CT molecular complexity index is 344. The average molecular weight is 196 g/mol. The predicted octanol–water partition coefficient (Wildman–Crippen LogP) is 0.556. The second-order valence-corrected chi connectivity index (χ2v) is 2.81. The Morgan fingerprint density at radius 1 is 1.57 bits per heavy atom. The molecule has 1 rings (SSSR count). The number of hydrogen-bond acceptors (Lipinski definition) is 4. The number of hydrogen-bond donors (Lipinski definition) is 0. The third-order valence-corrected chi connectivity index (χ3v) is 1.64. The maximum absolute atomic E-state index is 11.4. The minimum absolute atomic E-state index is 0.223. The second kappa shape index (κ2) is 4.55. The van der Waals surface area contributed by atoms with E-state index < -0.39 is 5.97 Å². The van der Waals surface area contributed by atoms with E-state index in [-0.39, 0.29) is 12.2 Å². The van der Waals surface area contributed by atoms with Gasteiger partial charge < -0.3 is 4.74 Å². The first-order valence-electron chi connectivity index (χ1n) is 4.31. The van der Waals surface area contributed by atoms with Gasteiger partial charge in [-0.25, -0.2) is 0 Å². The number of aryl methyl sites for hydroxylation is 1. The van der Waals surface area contributed by atoms with Crippen LogP contribution in [0.1, 0.15) is 23.7 Å². The fraction of sp³-hybridized carbons (Fsp3) is 0.444. The van der Waals surface area contributed by atoms with Gasteiger partial charge >= 0.3 is 5.97 Å². The third kappa shape index (κ3) is 2.69. The largest absolute Gasteiger partial charge is 0.466 e. The molecule has 0 N–H and O–H groups in total. The van der Waals surface area contributed by atoms with Crippen LogP contribution in [0, 0.1) is 0 Å². The van der Waals surface area contributed by atoms with E-state index in [0.29, 0.717) is 12.2 Å². The molecule has 1 aromatic heterocycles. The van der Waals surface area contributed by atoms with Crippen LogP contribution in [-0.4, -0.2) is 28.1 Å². The number of Topliss-reactive ketones (excluding diaryl/α,β-unsaturated/α-hetero) is 1. The minimum atomic E-state index is -0.499. The third-order valence-electron chi connectivity index (χ3n) is 1.64. The van der Waals surface area contributed by atoms with E-state index in [1.165, 1.54) is 10.9 Å². The minimum Gasteiger partial charge on any atom is -0.466 e. The first-order chi connectivity index (χ1) is 6.63. The molecule has 14 heavy (non-hydrogen) atoms. The zero-order valence-corrected chi connectivity index (χ0v) is 8.19. The topological polar surface area (TPSA) is 61.2 Å². The molecule has 0 amide bonds. The molecule has 0 spiro atoms. The molecule has 5 heteroatoms. The summed E-state index contributed by atoms with van der Waals surface area (Å²) in [6.07, 6.45) is 2.78. The summed E-state index contributed by atoms with van der Waals surface area (Å²) in [4.78, 5) is 22.4. The monoisotopic (exact) mass is 196 g/mol. The SMILES string of the molecule is CCOC(=O)CC(=O)c1cnn(C)c1. The summed E-state index contributed by atoms with van der Waals surface area (Å²) < 4.78 is 6.17. The molecule has 0 aliphatic rings. The lowest BCUT2D eigenvalue weighted by Crippen LogP contribution is -2.10. The molecule has 0 atom stereocenters. The quantitative estimate of drug-likeness (QED) is 0.401. The molecule has 0 saturated carbocycles. The molecule has 0 aliphatic heterocycles. The van der Waals surface area contributed by atoms with Gasteiger partial charge in [0.1, 0.15) is 6.42 Å². The highest BCUT2D eigenvalue weighted by atomic mass is 16.5. The van der Waals surface area contributed by atoms with Crippen LogP contribution in [0.3, 0.4) is 0 Å². The Kier molecular flexibility index (Phi) is 3.39. The summed E-state index contributed by atoms with van der Waals surface area (Å²) in [5, 5.41) is 3.83. The van der Waals surface area contributed by atoms with Crippen LogP contribution >= 0.6 is 0 Å². The highest BCUT2D eigenvalue weighted by Crippen LogP contribution is 2.02. The summed E-state index contributed by atoms with van der Waals surface area (Å²) in [5.41, 5.74) is 0.431. The fourth-order valence-electron chi connectivity index (χ4n) is 1.01. The van der Waals surface area contributed by atoms with Gasteiger partial charge in [-0.1, -0.05) is 0 Å². The van der Waals surface area contributed by atoms with Crippen molar-refractivity contribution in [2.24, 2.45) is 7.05 Å². The molecule has 0 saturated heterocycles. The number of rotatable bonds is 4. The standard InChI is InChI=1S/C9H12N2O3/c1-3-14-9(13)4-8(12)7-5-10-11(2)6-7/h5-6H,3-4H2,1-2H3. The Labute approximate surface area is 81.7 Å². The van der Waals surface area contributed by atoms with E-state index in [0.717, 1.165) is 0 Å². The molecule has 0 fully saturated rings. The number of nitrogens with zero attached hydrogens (tertiary/aromatic N) is 2. The van der Waals surface area contributed by atoms with Crippen LogP contribution in [0.25, 0.3) is 0 Å². The van der Waals surface area contributed by atoms with Gasteiger partial charge in [0.2, 0.25) is 0 Å². The van der Waals surface area contributed by atoms with Crippen molar-refractivity contribution in [2.75, 3.05) is 6.61 Å². The summed E-state index contributed by atoms with van der Waals surface area (Å²) in [5.74, 6) is -0.766. The van der Waals surface area contributed by atoms with Gasteiger partial charge in [-0.05, 0) is 6.92 Å². The highest BCUT2D eigenvalue weighted by Gasteiger charge is 2.13. The smallest absolute Gasteiger partial charge is 0.313 e. The number of esters is 1. The van der Waals surface area contributed by atoms with Crippen molar-refractivity contribution in [3.8, 4) is 0 Å². The Morgan fingerprint density at radius 2 is 2.29 bits per heavy atom. The summed E-state index contributed by atoms with van der Waals surface area (Å²) in [7, 11) is 1.71. The van der Waals surface area contributed by atoms with Crippen molar-refractivity contribution >= 4 is 11.8 Å². The lowest BCUT2D eigenvalue weighted by atomic mass is 10.2. The van der Waals surface area contributed by atoms with Crippen LogP contribution in [0.4, 0.5) is 0 Å². The first-order valence-corrected chi connectivity index (χ1v) is 4.31. The highest BCUT2D eigenvalue weighted by molar-refractivity contribution is 6.05. The number of ether oxygens (including phenoxy) is 1. The number of carbonyl (C=O) groups excluding carboxylic acids is 2. The van der Waals surface area contributed by atoms with Crippen molar-refractivity contribution in [1.82, 2.24) is 9.78 Å². The Balaban J connectivity index is 2.55. The molecule has 0 bridgehead atoms. The van der Waals surface area contributed by atoms with Gasteiger partial charge in [0.25, 0.3) is 0 Å². The molecule has 0 aliphatic carbocycles. The molecular formula is C9H12N2O3. The Morgan fingerprint density at radius 3 is 2.79 bits per heavy atom. The van der Waals surface area contributed by atoms with Crippen molar-refractivity contribution < 1.29 is 14.3 Å². The van der Waals surface area contributed by atoms with Crippen LogP contribution < -0.4 is 0 Å². The molecule has 1 aromatic rings. The van der Waals surface area contributed by atoms with E-state index >= 15 is 0 Å². The molecule has 0 unspecified atom stereocenters. The van der Waals surface area contributed by atoms with Crippen molar-refractivity contribution in [3.05, 3.63) is 18.0 Å². The van der Waals surface area contributed by atoms with Crippen LogP contribution in [0.15, 0.2) is 12.4 Å². The predicted molar refractivity (Wildman–Crippen MR) is 48.8 cm³/mol. The zero-order chi connectivity index (χ0) is 10.6. The molecule has 0 radical (unpaired) electrons. The van der Waals surface area contributed by atoms with Crippen LogP contribution in [0.2, 0.25) is 0 Å². The molecular weight excluding hydrogens is 184 g/mol. The van der Waals surface area contributed by atoms with E-state index in [9.17, 15) is 9.59 Å². The van der Waals surface area contributed by atoms with Crippen molar-refractivity contribution in [1.29, 1.82) is 0 Å². The van der Waals surface area contributed by atoms with Crippen molar-refractivity contribution in [3.63, 3.8) is 0 Å². The second-order valence-electron chi connectivity index (χ2n) is 2.81. The Hall–Kier alpha value is -1.65. The van der Waals surface area contributed by atoms with E-state index in [1.807, 2.05) is 0 Å². The van der Waals surface area contributed by atoms with Gasteiger partial charge in [-0.3, -0.25) is 14.3 Å². The molecule has 5 nitrogen and oxygen atoms in total.